The van der Waals surface area contributed by atoms with E-state index in [2.05, 4.69) is 44.8 Å². The minimum atomic E-state index is -2.86. The van der Waals surface area contributed by atoms with Gasteiger partial charge in [0.1, 0.15) is 0 Å². The Kier molecular flexibility index (Phi) is 5.06. The summed E-state index contributed by atoms with van der Waals surface area (Å²) in [5, 5.41) is 3.70. The highest BCUT2D eigenvalue weighted by atomic mass is 32.2. The fourth-order valence-electron chi connectivity index (χ4n) is 3.90. The van der Waals surface area contributed by atoms with Crippen LogP contribution in [0, 0.1) is 11.8 Å². The van der Waals surface area contributed by atoms with E-state index >= 15 is 0 Å². The van der Waals surface area contributed by atoms with Crippen LogP contribution < -0.4 is 5.32 Å². The van der Waals surface area contributed by atoms with Gasteiger partial charge in [-0.3, -0.25) is 4.90 Å². The van der Waals surface area contributed by atoms with Crippen molar-refractivity contribution in [3.05, 3.63) is 0 Å². The monoisotopic (exact) mass is 316 g/mol. The van der Waals surface area contributed by atoms with Crippen molar-refractivity contribution < 1.29 is 8.42 Å². The molecular weight excluding hydrogens is 284 g/mol. The molecule has 2 aliphatic rings. The third-order valence-electron chi connectivity index (χ3n) is 5.66. The van der Waals surface area contributed by atoms with Gasteiger partial charge in [-0.15, -0.1) is 0 Å². The molecule has 2 aliphatic heterocycles. The summed E-state index contributed by atoms with van der Waals surface area (Å²) >= 11 is 0. The van der Waals surface area contributed by atoms with Gasteiger partial charge in [-0.1, -0.05) is 34.1 Å². The smallest absolute Gasteiger partial charge is 0.152 e. The van der Waals surface area contributed by atoms with Crippen molar-refractivity contribution in [2.24, 2.45) is 11.8 Å². The maximum atomic E-state index is 12.0. The minimum Gasteiger partial charge on any atom is -0.311 e. The normalized spacial score (nSPS) is 38.8. The highest BCUT2D eigenvalue weighted by Crippen LogP contribution is 2.35. The largest absolute Gasteiger partial charge is 0.311 e. The van der Waals surface area contributed by atoms with Crippen LogP contribution in [0.4, 0.5) is 0 Å². The number of sulfone groups is 1. The molecule has 0 saturated carbocycles. The lowest BCUT2D eigenvalue weighted by atomic mass is 9.86. The zero-order valence-electron chi connectivity index (χ0n) is 14.2. The van der Waals surface area contributed by atoms with E-state index in [1.807, 2.05) is 0 Å². The summed E-state index contributed by atoms with van der Waals surface area (Å²) < 4.78 is 24.0. The quantitative estimate of drug-likeness (QED) is 0.861. The highest BCUT2D eigenvalue weighted by molar-refractivity contribution is 7.91. The summed E-state index contributed by atoms with van der Waals surface area (Å²) in [7, 11) is -2.86. The molecule has 4 atom stereocenters. The Bertz CT molecular complexity index is 463. The molecule has 0 spiro atoms. The van der Waals surface area contributed by atoms with Crippen molar-refractivity contribution in [3.63, 3.8) is 0 Å². The van der Waals surface area contributed by atoms with Crippen molar-refractivity contribution >= 4 is 9.84 Å². The molecule has 0 bridgehead atoms. The Labute approximate surface area is 130 Å². The highest BCUT2D eigenvalue weighted by Gasteiger charge is 2.47. The Morgan fingerprint density at radius 1 is 1.33 bits per heavy atom. The van der Waals surface area contributed by atoms with E-state index in [1.165, 1.54) is 0 Å². The van der Waals surface area contributed by atoms with Crippen molar-refractivity contribution in [2.45, 2.75) is 65.1 Å². The van der Waals surface area contributed by atoms with E-state index in [0.717, 1.165) is 25.9 Å². The Hall–Kier alpha value is -0.130. The van der Waals surface area contributed by atoms with Crippen LogP contribution in [-0.2, 0) is 9.84 Å². The molecule has 2 heterocycles. The standard InChI is InChI=1S/C16H32N2O2S/c1-6-13(4)14-10-18(15(9-17-14)12(2)3)16(5)7-8-21(19,20)11-16/h12-15,17H,6-11H2,1-5H3. The molecule has 0 aromatic rings. The first-order chi connectivity index (χ1) is 9.68. The summed E-state index contributed by atoms with van der Waals surface area (Å²) in [5.41, 5.74) is -0.179. The third-order valence-corrected chi connectivity index (χ3v) is 7.55. The van der Waals surface area contributed by atoms with E-state index in [-0.39, 0.29) is 5.54 Å². The Morgan fingerprint density at radius 3 is 2.48 bits per heavy atom. The SMILES string of the molecule is CCC(C)C1CN(C2(C)CCS(=O)(=O)C2)C(C(C)C)CN1. The lowest BCUT2D eigenvalue weighted by molar-refractivity contribution is 0.00447. The molecule has 21 heavy (non-hydrogen) atoms. The predicted molar refractivity (Wildman–Crippen MR) is 88.3 cm³/mol. The Morgan fingerprint density at radius 2 is 2.00 bits per heavy atom. The molecule has 0 aromatic carbocycles. The van der Waals surface area contributed by atoms with Crippen LogP contribution in [-0.4, -0.2) is 55.5 Å². The zero-order valence-corrected chi connectivity index (χ0v) is 15.0. The predicted octanol–water partition coefficient (Wildman–Crippen LogP) is 1.91. The number of nitrogens with one attached hydrogen (secondary N) is 1. The second-order valence-corrected chi connectivity index (χ2v) is 9.89. The van der Waals surface area contributed by atoms with E-state index in [1.54, 1.807) is 0 Å². The van der Waals surface area contributed by atoms with Gasteiger partial charge in [-0.25, -0.2) is 8.42 Å². The van der Waals surface area contributed by atoms with Gasteiger partial charge in [-0.2, -0.15) is 0 Å². The second kappa shape index (κ2) is 6.17. The summed E-state index contributed by atoms with van der Waals surface area (Å²) in [4.78, 5) is 2.52. The number of hydrogen-bond acceptors (Lipinski definition) is 4. The molecule has 4 nitrogen and oxygen atoms in total. The molecule has 0 aliphatic carbocycles. The van der Waals surface area contributed by atoms with E-state index in [9.17, 15) is 8.42 Å². The first kappa shape index (κ1) is 17.2. The van der Waals surface area contributed by atoms with Crippen LogP contribution in [0.2, 0.25) is 0 Å². The number of hydrogen-bond donors (Lipinski definition) is 1. The Balaban J connectivity index is 2.22. The van der Waals surface area contributed by atoms with Gasteiger partial charge in [0.15, 0.2) is 9.84 Å². The molecule has 2 saturated heterocycles. The molecular formula is C16H32N2O2S. The van der Waals surface area contributed by atoms with Crippen LogP contribution in [0.15, 0.2) is 0 Å². The van der Waals surface area contributed by atoms with Crippen LogP contribution >= 0.6 is 0 Å². The third kappa shape index (κ3) is 3.62. The average Bonchev–Trinajstić information content (AvgIpc) is 2.72. The summed E-state index contributed by atoms with van der Waals surface area (Å²) in [6.07, 6.45) is 1.94. The summed E-state index contributed by atoms with van der Waals surface area (Å²) in [6, 6.07) is 0.911. The topological polar surface area (TPSA) is 49.4 Å². The van der Waals surface area contributed by atoms with Gasteiger partial charge in [0.2, 0.25) is 0 Å². The molecule has 4 unspecified atom stereocenters. The van der Waals surface area contributed by atoms with Crippen molar-refractivity contribution in [2.75, 3.05) is 24.6 Å². The molecule has 0 radical (unpaired) electrons. The maximum Gasteiger partial charge on any atom is 0.152 e. The van der Waals surface area contributed by atoms with Gasteiger partial charge in [0.05, 0.1) is 11.5 Å². The van der Waals surface area contributed by atoms with Crippen molar-refractivity contribution in [1.29, 1.82) is 0 Å². The number of nitrogens with zero attached hydrogens (tertiary/aromatic N) is 1. The van der Waals surface area contributed by atoms with Gasteiger partial charge in [0.25, 0.3) is 0 Å². The molecule has 124 valence electrons. The van der Waals surface area contributed by atoms with Crippen LogP contribution in [0.5, 0.6) is 0 Å². The van der Waals surface area contributed by atoms with Gasteiger partial charge in [0, 0.05) is 30.7 Å². The second-order valence-electron chi connectivity index (χ2n) is 7.70. The fourth-order valence-corrected chi connectivity index (χ4v) is 6.05. The zero-order chi connectivity index (χ0) is 15.8. The van der Waals surface area contributed by atoms with E-state index in [4.69, 9.17) is 0 Å². The van der Waals surface area contributed by atoms with Gasteiger partial charge >= 0.3 is 0 Å². The van der Waals surface area contributed by atoms with Crippen LogP contribution in [0.25, 0.3) is 0 Å². The lowest BCUT2D eigenvalue weighted by Gasteiger charge is -2.51. The molecule has 2 fully saturated rings. The molecule has 2 rings (SSSR count). The lowest BCUT2D eigenvalue weighted by Crippen LogP contribution is -2.66. The molecule has 0 aromatic heterocycles. The first-order valence-electron chi connectivity index (χ1n) is 8.39. The average molecular weight is 317 g/mol. The minimum absolute atomic E-state index is 0.179. The molecule has 1 N–H and O–H groups in total. The van der Waals surface area contributed by atoms with E-state index in [0.29, 0.717) is 35.4 Å². The van der Waals surface area contributed by atoms with Gasteiger partial charge in [-0.05, 0) is 25.2 Å². The van der Waals surface area contributed by atoms with Crippen molar-refractivity contribution in [1.82, 2.24) is 10.2 Å². The maximum absolute atomic E-state index is 12.0. The first-order valence-corrected chi connectivity index (χ1v) is 10.2. The van der Waals surface area contributed by atoms with Crippen LogP contribution in [0.1, 0.15) is 47.5 Å². The summed E-state index contributed by atoms with van der Waals surface area (Å²) in [6.45, 7) is 13.1. The van der Waals surface area contributed by atoms with E-state index < -0.39 is 9.84 Å². The number of piperazine rings is 1. The van der Waals surface area contributed by atoms with Crippen LogP contribution in [0.3, 0.4) is 0 Å². The summed E-state index contributed by atoms with van der Waals surface area (Å²) in [5.74, 6) is 1.85. The number of rotatable bonds is 4. The van der Waals surface area contributed by atoms with Gasteiger partial charge < -0.3 is 5.32 Å². The van der Waals surface area contributed by atoms with Crippen molar-refractivity contribution in [3.8, 4) is 0 Å². The fraction of sp³-hybridized carbons (Fsp3) is 1.00. The molecule has 5 heteroatoms. The molecule has 0 amide bonds.